The van der Waals surface area contributed by atoms with Crippen LogP contribution in [0.4, 0.5) is 0 Å². The summed E-state index contributed by atoms with van der Waals surface area (Å²) >= 11 is 0. The Hall–Kier alpha value is -1.10. The summed E-state index contributed by atoms with van der Waals surface area (Å²) in [7, 11) is 0. The number of nitrogens with one attached hydrogen (secondary N) is 1. The van der Waals surface area contributed by atoms with E-state index >= 15 is 0 Å². The highest BCUT2D eigenvalue weighted by molar-refractivity contribution is 5.94. The van der Waals surface area contributed by atoms with Gasteiger partial charge in [0.25, 0.3) is 5.91 Å². The van der Waals surface area contributed by atoms with E-state index in [-0.39, 0.29) is 30.3 Å². The molecular weight excluding hydrogens is 276 g/mol. The van der Waals surface area contributed by atoms with Crippen LogP contribution in [0.1, 0.15) is 42.6 Å². The van der Waals surface area contributed by atoms with Gasteiger partial charge in [-0.25, -0.2) is 0 Å². The summed E-state index contributed by atoms with van der Waals surface area (Å²) in [6.45, 7) is 5.44. The molecule has 0 atom stereocenters. The smallest absolute Gasteiger partial charge is 0.251 e. The van der Waals surface area contributed by atoms with Gasteiger partial charge in [0.2, 0.25) is 0 Å². The van der Waals surface area contributed by atoms with Crippen molar-refractivity contribution in [3.05, 3.63) is 35.4 Å². The topological polar surface area (TPSA) is 75.3 Å². The molecule has 0 saturated carbocycles. The lowest BCUT2D eigenvalue weighted by atomic mass is 9.88. The number of carbonyl (C=O) groups excluding carboxylic acids is 1. The van der Waals surface area contributed by atoms with Crippen LogP contribution in [-0.2, 0) is 6.54 Å². The van der Waals surface area contributed by atoms with Gasteiger partial charge < -0.3 is 16.2 Å². The highest BCUT2D eigenvalue weighted by Crippen LogP contribution is 2.20. The van der Waals surface area contributed by atoms with Gasteiger partial charge in [-0.3, -0.25) is 4.79 Å². The minimum atomic E-state index is -0.0688. The first-order valence-electron chi connectivity index (χ1n) is 6.66. The highest BCUT2D eigenvalue weighted by atomic mass is 35.5. The number of rotatable bonds is 7. The maximum Gasteiger partial charge on any atom is 0.251 e. The summed E-state index contributed by atoms with van der Waals surface area (Å²) in [5, 5.41) is 11.8. The van der Waals surface area contributed by atoms with Crippen molar-refractivity contribution in [1.82, 2.24) is 5.32 Å². The Morgan fingerprint density at radius 3 is 2.40 bits per heavy atom. The molecule has 1 aromatic carbocycles. The van der Waals surface area contributed by atoms with Crippen LogP contribution in [-0.4, -0.2) is 24.2 Å². The molecule has 4 nitrogen and oxygen atoms in total. The molecule has 4 N–H and O–H groups in total. The second-order valence-corrected chi connectivity index (χ2v) is 5.58. The lowest BCUT2D eigenvalue weighted by Gasteiger charge is -2.24. The Kier molecular flexibility index (Phi) is 8.46. The van der Waals surface area contributed by atoms with Crippen molar-refractivity contribution >= 4 is 18.3 Å². The van der Waals surface area contributed by atoms with Crippen LogP contribution in [0.25, 0.3) is 0 Å². The Balaban J connectivity index is 0.00000361. The molecule has 0 heterocycles. The van der Waals surface area contributed by atoms with Crippen molar-refractivity contribution in [2.45, 2.75) is 33.2 Å². The van der Waals surface area contributed by atoms with Gasteiger partial charge in [0.05, 0.1) is 0 Å². The molecule has 1 amide bonds. The molecule has 0 aliphatic carbocycles. The fourth-order valence-corrected chi connectivity index (χ4v) is 1.86. The average Bonchev–Trinajstić information content (AvgIpc) is 2.43. The molecule has 114 valence electrons. The lowest BCUT2D eigenvalue weighted by molar-refractivity contribution is 0.0933. The van der Waals surface area contributed by atoms with E-state index in [9.17, 15) is 4.79 Å². The van der Waals surface area contributed by atoms with Crippen molar-refractivity contribution < 1.29 is 9.90 Å². The van der Waals surface area contributed by atoms with E-state index in [1.807, 2.05) is 12.1 Å². The van der Waals surface area contributed by atoms with Crippen molar-refractivity contribution in [2.24, 2.45) is 11.1 Å². The molecular formula is C15H25ClN2O2. The molecule has 5 heteroatoms. The van der Waals surface area contributed by atoms with E-state index in [0.29, 0.717) is 18.7 Å². The minimum absolute atomic E-state index is 0. The van der Waals surface area contributed by atoms with Gasteiger partial charge in [0, 0.05) is 25.3 Å². The second-order valence-electron chi connectivity index (χ2n) is 5.58. The van der Waals surface area contributed by atoms with Gasteiger partial charge in [-0.05, 0) is 36.0 Å². The molecule has 0 bridgehead atoms. The Labute approximate surface area is 127 Å². The standard InChI is InChI=1S/C15H24N2O2.ClH/c1-15(2,8-3-9-18)11-17-14(19)13-6-4-12(10-16)5-7-13;/h4-7,18H,3,8-11,16H2,1-2H3,(H,17,19);1H. The fraction of sp³-hybridized carbons (Fsp3) is 0.533. The first-order chi connectivity index (χ1) is 8.98. The number of benzene rings is 1. The molecule has 0 fully saturated rings. The highest BCUT2D eigenvalue weighted by Gasteiger charge is 2.18. The van der Waals surface area contributed by atoms with E-state index in [4.69, 9.17) is 10.8 Å². The monoisotopic (exact) mass is 300 g/mol. The summed E-state index contributed by atoms with van der Waals surface area (Å²) in [6, 6.07) is 7.31. The molecule has 1 aromatic rings. The number of carbonyl (C=O) groups is 1. The van der Waals surface area contributed by atoms with E-state index in [1.165, 1.54) is 0 Å². The first-order valence-corrected chi connectivity index (χ1v) is 6.66. The van der Waals surface area contributed by atoms with E-state index < -0.39 is 0 Å². The quantitative estimate of drug-likeness (QED) is 0.722. The number of aliphatic hydroxyl groups excluding tert-OH is 1. The number of aliphatic hydroxyl groups is 1. The molecule has 0 spiro atoms. The Bertz CT molecular complexity index is 405. The summed E-state index contributed by atoms with van der Waals surface area (Å²) in [5.41, 5.74) is 7.17. The first kappa shape index (κ1) is 18.9. The fourth-order valence-electron chi connectivity index (χ4n) is 1.86. The molecule has 0 aromatic heterocycles. The number of amides is 1. The van der Waals surface area contributed by atoms with Crippen LogP contribution < -0.4 is 11.1 Å². The summed E-state index contributed by atoms with van der Waals surface area (Å²) in [5.74, 6) is -0.0688. The van der Waals surface area contributed by atoms with Crippen molar-refractivity contribution in [1.29, 1.82) is 0 Å². The zero-order chi connectivity index (χ0) is 14.3. The Morgan fingerprint density at radius 2 is 1.90 bits per heavy atom. The number of hydrogen-bond acceptors (Lipinski definition) is 3. The van der Waals surface area contributed by atoms with Crippen LogP contribution in [0, 0.1) is 5.41 Å². The Morgan fingerprint density at radius 1 is 1.30 bits per heavy atom. The van der Waals surface area contributed by atoms with E-state index in [2.05, 4.69) is 19.2 Å². The van der Waals surface area contributed by atoms with Gasteiger partial charge in [0.15, 0.2) is 0 Å². The largest absolute Gasteiger partial charge is 0.396 e. The van der Waals surface area contributed by atoms with Gasteiger partial charge >= 0.3 is 0 Å². The summed E-state index contributed by atoms with van der Waals surface area (Å²) in [6.07, 6.45) is 1.64. The van der Waals surface area contributed by atoms with Crippen LogP contribution in [0.15, 0.2) is 24.3 Å². The molecule has 0 saturated heterocycles. The normalized spacial score (nSPS) is 10.8. The van der Waals surface area contributed by atoms with Crippen molar-refractivity contribution in [2.75, 3.05) is 13.2 Å². The molecule has 0 unspecified atom stereocenters. The summed E-state index contributed by atoms with van der Waals surface area (Å²) < 4.78 is 0. The van der Waals surface area contributed by atoms with Gasteiger partial charge in [-0.15, -0.1) is 12.4 Å². The minimum Gasteiger partial charge on any atom is -0.396 e. The van der Waals surface area contributed by atoms with E-state index in [1.54, 1.807) is 12.1 Å². The van der Waals surface area contributed by atoms with Crippen LogP contribution in [0.2, 0.25) is 0 Å². The third-order valence-electron chi connectivity index (χ3n) is 3.19. The predicted molar refractivity (Wildman–Crippen MR) is 84.0 cm³/mol. The van der Waals surface area contributed by atoms with E-state index in [0.717, 1.165) is 18.4 Å². The van der Waals surface area contributed by atoms with Crippen LogP contribution in [0.5, 0.6) is 0 Å². The number of nitrogens with two attached hydrogens (primary N) is 1. The molecule has 0 aliphatic heterocycles. The number of hydrogen-bond donors (Lipinski definition) is 3. The molecule has 20 heavy (non-hydrogen) atoms. The van der Waals surface area contributed by atoms with Crippen LogP contribution >= 0.6 is 12.4 Å². The SMILES string of the molecule is CC(C)(CCCO)CNC(=O)c1ccc(CN)cc1.Cl. The third kappa shape index (κ3) is 6.37. The maximum absolute atomic E-state index is 12.0. The predicted octanol–water partition coefficient (Wildman–Crippen LogP) is 2.10. The van der Waals surface area contributed by atoms with Gasteiger partial charge in [-0.2, -0.15) is 0 Å². The third-order valence-corrected chi connectivity index (χ3v) is 3.19. The van der Waals surface area contributed by atoms with Gasteiger partial charge in [0.1, 0.15) is 0 Å². The van der Waals surface area contributed by atoms with Crippen molar-refractivity contribution in [3.63, 3.8) is 0 Å². The maximum atomic E-state index is 12.0. The average molecular weight is 301 g/mol. The summed E-state index contributed by atoms with van der Waals surface area (Å²) in [4.78, 5) is 12.0. The van der Waals surface area contributed by atoms with Gasteiger partial charge in [-0.1, -0.05) is 26.0 Å². The molecule has 0 radical (unpaired) electrons. The van der Waals surface area contributed by atoms with Crippen molar-refractivity contribution in [3.8, 4) is 0 Å². The molecule has 0 aliphatic rings. The zero-order valence-electron chi connectivity index (χ0n) is 12.2. The lowest BCUT2D eigenvalue weighted by Crippen LogP contribution is -2.34. The zero-order valence-corrected chi connectivity index (χ0v) is 13.0. The molecule has 1 rings (SSSR count). The second kappa shape index (κ2) is 8.95. The van der Waals surface area contributed by atoms with Crippen LogP contribution in [0.3, 0.4) is 0 Å². The number of halogens is 1.